The molecule has 1 aliphatic heterocycles. The van der Waals surface area contributed by atoms with E-state index >= 15 is 0 Å². The number of hydrogen-bond acceptors (Lipinski definition) is 4. The van der Waals surface area contributed by atoms with Crippen LogP contribution in [0.15, 0.2) is 45.8 Å². The van der Waals surface area contributed by atoms with Gasteiger partial charge in [-0.25, -0.2) is 12.8 Å². The molecule has 0 unspecified atom stereocenters. The Hall–Kier alpha value is -1.81. The topological polar surface area (TPSA) is 75.7 Å². The van der Waals surface area contributed by atoms with E-state index in [9.17, 15) is 17.6 Å². The second-order valence-corrected chi connectivity index (χ2v) is 8.84. The van der Waals surface area contributed by atoms with Gasteiger partial charge in [0.2, 0.25) is 10.0 Å². The van der Waals surface area contributed by atoms with E-state index in [-0.39, 0.29) is 28.0 Å². The van der Waals surface area contributed by atoms with Gasteiger partial charge in [0.25, 0.3) is 5.91 Å². The van der Waals surface area contributed by atoms with E-state index in [0.717, 1.165) is 6.07 Å². The minimum absolute atomic E-state index is 0.129. The lowest BCUT2D eigenvalue weighted by molar-refractivity contribution is 0.0730. The highest BCUT2D eigenvalue weighted by Crippen LogP contribution is 2.25. The first-order valence-electron chi connectivity index (χ1n) is 8.24. The number of ether oxygens (including phenoxy) is 1. The molecule has 2 aromatic rings. The van der Waals surface area contributed by atoms with Crippen LogP contribution in [-0.2, 0) is 14.8 Å². The first kappa shape index (κ1) is 19.9. The lowest BCUT2D eigenvalue weighted by Gasteiger charge is -2.26. The van der Waals surface area contributed by atoms with Crippen molar-refractivity contribution in [3.8, 4) is 0 Å². The monoisotopic (exact) mass is 456 g/mol. The number of hydrogen-bond donors (Lipinski definition) is 1. The van der Waals surface area contributed by atoms with Crippen LogP contribution in [0.25, 0.3) is 0 Å². The molecule has 1 aliphatic rings. The van der Waals surface area contributed by atoms with Crippen molar-refractivity contribution in [2.24, 2.45) is 0 Å². The lowest BCUT2D eigenvalue weighted by atomic mass is 10.2. The summed E-state index contributed by atoms with van der Waals surface area (Å²) in [6, 6.07) is 8.69. The molecule has 1 saturated heterocycles. The second-order valence-electron chi connectivity index (χ2n) is 6.08. The predicted molar refractivity (Wildman–Crippen MR) is 103 cm³/mol. The molecule has 0 spiro atoms. The number of halogens is 2. The van der Waals surface area contributed by atoms with Gasteiger partial charge in [0.15, 0.2) is 0 Å². The van der Waals surface area contributed by atoms with Crippen LogP contribution in [0, 0.1) is 12.7 Å². The largest absolute Gasteiger partial charge is 0.379 e. The van der Waals surface area contributed by atoms with Gasteiger partial charge < -0.3 is 10.1 Å². The smallest absolute Gasteiger partial charge is 0.255 e. The molecule has 1 heterocycles. The number of benzene rings is 2. The lowest BCUT2D eigenvalue weighted by Crippen LogP contribution is -2.40. The summed E-state index contributed by atoms with van der Waals surface area (Å²) in [7, 11) is -3.69. The molecule has 1 N–H and O–H groups in total. The van der Waals surface area contributed by atoms with E-state index in [1.165, 1.54) is 22.5 Å². The van der Waals surface area contributed by atoms with Crippen molar-refractivity contribution in [2.45, 2.75) is 11.8 Å². The van der Waals surface area contributed by atoms with Crippen molar-refractivity contribution < 1.29 is 22.3 Å². The first-order chi connectivity index (χ1) is 12.8. The van der Waals surface area contributed by atoms with Crippen LogP contribution in [0.3, 0.4) is 0 Å². The average Bonchev–Trinajstić information content (AvgIpc) is 2.66. The zero-order valence-corrected chi connectivity index (χ0v) is 16.9. The van der Waals surface area contributed by atoms with Gasteiger partial charge >= 0.3 is 0 Å². The maximum atomic E-state index is 13.6. The van der Waals surface area contributed by atoms with Crippen LogP contribution in [0.1, 0.15) is 15.9 Å². The Morgan fingerprint density at radius 1 is 1.19 bits per heavy atom. The highest BCUT2D eigenvalue weighted by atomic mass is 79.9. The fourth-order valence-electron chi connectivity index (χ4n) is 2.72. The zero-order chi connectivity index (χ0) is 19.6. The highest BCUT2D eigenvalue weighted by molar-refractivity contribution is 9.10. The van der Waals surface area contributed by atoms with Crippen molar-refractivity contribution in [1.29, 1.82) is 0 Å². The summed E-state index contributed by atoms with van der Waals surface area (Å²) >= 11 is 3.04. The van der Waals surface area contributed by atoms with Crippen LogP contribution >= 0.6 is 15.9 Å². The molecule has 0 radical (unpaired) electrons. The summed E-state index contributed by atoms with van der Waals surface area (Å²) in [5, 5.41) is 2.62. The Bertz CT molecular complexity index is 975. The highest BCUT2D eigenvalue weighted by Gasteiger charge is 2.28. The third-order valence-corrected chi connectivity index (χ3v) is 6.90. The Morgan fingerprint density at radius 3 is 2.56 bits per heavy atom. The Balaban J connectivity index is 1.86. The summed E-state index contributed by atoms with van der Waals surface area (Å²) in [5.74, 6) is -1.08. The molecule has 0 bridgehead atoms. The summed E-state index contributed by atoms with van der Waals surface area (Å²) in [4.78, 5) is 12.5. The van der Waals surface area contributed by atoms with E-state index in [0.29, 0.717) is 24.5 Å². The number of morpholine rings is 1. The molecule has 1 fully saturated rings. The predicted octanol–water partition coefficient (Wildman–Crippen LogP) is 3.17. The van der Waals surface area contributed by atoms with E-state index in [1.807, 2.05) is 0 Å². The molecule has 27 heavy (non-hydrogen) atoms. The normalized spacial score (nSPS) is 15.5. The van der Waals surface area contributed by atoms with Crippen LogP contribution in [0.5, 0.6) is 0 Å². The van der Waals surface area contributed by atoms with Crippen LogP contribution in [0.4, 0.5) is 10.1 Å². The van der Waals surface area contributed by atoms with Gasteiger partial charge in [0, 0.05) is 24.3 Å². The van der Waals surface area contributed by atoms with E-state index in [1.54, 1.807) is 19.1 Å². The van der Waals surface area contributed by atoms with E-state index in [2.05, 4.69) is 21.2 Å². The maximum Gasteiger partial charge on any atom is 0.255 e. The molecular weight excluding hydrogens is 439 g/mol. The standard InChI is InChI=1S/C18H18BrFN2O4S/c1-12-2-4-14(21-18(23)13-3-5-15(19)16(20)10-13)11-17(12)27(24,25)22-6-8-26-9-7-22/h2-5,10-11H,6-9H2,1H3,(H,21,23). The number of aryl methyl sites for hydroxylation is 1. The van der Waals surface area contributed by atoms with Crippen LogP contribution in [-0.4, -0.2) is 44.9 Å². The molecule has 0 saturated carbocycles. The maximum absolute atomic E-state index is 13.6. The van der Waals surface area contributed by atoms with Crippen molar-refractivity contribution in [3.05, 3.63) is 57.8 Å². The van der Waals surface area contributed by atoms with Crippen molar-refractivity contribution in [2.75, 3.05) is 31.6 Å². The van der Waals surface area contributed by atoms with Crippen molar-refractivity contribution in [1.82, 2.24) is 4.31 Å². The molecular formula is C18H18BrFN2O4S. The molecule has 0 aliphatic carbocycles. The summed E-state index contributed by atoms with van der Waals surface area (Å²) in [5.41, 5.74) is 1.03. The van der Waals surface area contributed by atoms with Crippen LogP contribution in [0.2, 0.25) is 0 Å². The van der Waals surface area contributed by atoms with Crippen molar-refractivity contribution in [3.63, 3.8) is 0 Å². The molecule has 6 nitrogen and oxygen atoms in total. The number of nitrogens with zero attached hydrogens (tertiary/aromatic N) is 1. The van der Waals surface area contributed by atoms with Gasteiger partial charge in [-0.05, 0) is 58.7 Å². The summed E-state index contributed by atoms with van der Waals surface area (Å²) in [6.45, 7) is 2.98. The van der Waals surface area contributed by atoms with Gasteiger partial charge in [-0.1, -0.05) is 6.07 Å². The molecule has 0 atom stereocenters. The minimum atomic E-state index is -3.69. The van der Waals surface area contributed by atoms with Gasteiger partial charge in [-0.15, -0.1) is 0 Å². The second kappa shape index (κ2) is 8.05. The van der Waals surface area contributed by atoms with Crippen molar-refractivity contribution >= 4 is 37.5 Å². The number of sulfonamides is 1. The fraction of sp³-hybridized carbons (Fsp3) is 0.278. The quantitative estimate of drug-likeness (QED) is 0.766. The van der Waals surface area contributed by atoms with Gasteiger partial charge in [0.1, 0.15) is 5.82 Å². The third-order valence-electron chi connectivity index (χ3n) is 4.22. The first-order valence-corrected chi connectivity index (χ1v) is 10.5. The average molecular weight is 457 g/mol. The number of carbonyl (C=O) groups excluding carboxylic acids is 1. The van der Waals surface area contributed by atoms with Gasteiger partial charge in [-0.2, -0.15) is 4.31 Å². The van der Waals surface area contributed by atoms with E-state index in [4.69, 9.17) is 4.74 Å². The molecule has 0 aromatic heterocycles. The third kappa shape index (κ3) is 4.37. The molecule has 1 amide bonds. The van der Waals surface area contributed by atoms with Gasteiger partial charge in [-0.3, -0.25) is 4.79 Å². The number of rotatable bonds is 4. The summed E-state index contributed by atoms with van der Waals surface area (Å²) < 4.78 is 46.3. The fourth-order valence-corrected chi connectivity index (χ4v) is 4.63. The molecule has 3 rings (SSSR count). The van der Waals surface area contributed by atoms with Crippen LogP contribution < -0.4 is 5.32 Å². The van der Waals surface area contributed by atoms with Gasteiger partial charge in [0.05, 0.1) is 22.6 Å². The summed E-state index contributed by atoms with van der Waals surface area (Å²) in [6.07, 6.45) is 0. The SMILES string of the molecule is Cc1ccc(NC(=O)c2ccc(Br)c(F)c2)cc1S(=O)(=O)N1CCOCC1. The number of anilines is 1. The zero-order valence-electron chi connectivity index (χ0n) is 14.5. The Labute approximate surface area is 165 Å². The molecule has 9 heteroatoms. The van der Waals surface area contributed by atoms with E-state index < -0.39 is 21.7 Å². The minimum Gasteiger partial charge on any atom is -0.379 e. The Morgan fingerprint density at radius 2 is 1.89 bits per heavy atom. The number of carbonyl (C=O) groups is 1. The molecule has 144 valence electrons. The Kier molecular flexibility index (Phi) is 5.95. The molecule has 2 aromatic carbocycles. The number of amides is 1. The number of nitrogens with one attached hydrogen (secondary N) is 1.